The van der Waals surface area contributed by atoms with Gasteiger partial charge in [0.1, 0.15) is 17.6 Å². The highest BCUT2D eigenvalue weighted by Crippen LogP contribution is 2.65. The SMILES string of the molecule is C=CCN(CCCC)C(=O)C1N([C@@H](CO)Cc2ccccc2)C(=O)[C@@H]2[C@@H](C(=O)O)[C@]3(C)OC12CC3C. The monoisotopic (exact) mass is 498 g/mol. The Kier molecular flexibility index (Phi) is 7.30. The molecule has 3 aliphatic heterocycles. The third-order valence-electron chi connectivity index (χ3n) is 8.61. The van der Waals surface area contributed by atoms with Crippen LogP contribution in [0.4, 0.5) is 0 Å². The van der Waals surface area contributed by atoms with Crippen molar-refractivity contribution in [2.75, 3.05) is 19.7 Å². The number of unbranched alkanes of at least 4 members (excludes halogenated alkanes) is 1. The molecule has 2 N–H and O–H groups in total. The number of hydrogen-bond donors (Lipinski definition) is 2. The Bertz CT molecular complexity index is 1010. The van der Waals surface area contributed by atoms with Gasteiger partial charge in [-0.05, 0) is 37.7 Å². The van der Waals surface area contributed by atoms with Gasteiger partial charge in [-0.2, -0.15) is 0 Å². The summed E-state index contributed by atoms with van der Waals surface area (Å²) >= 11 is 0. The first-order valence-corrected chi connectivity index (χ1v) is 13.0. The first-order valence-electron chi connectivity index (χ1n) is 13.0. The topological polar surface area (TPSA) is 107 Å². The molecule has 3 fully saturated rings. The largest absolute Gasteiger partial charge is 0.481 e. The zero-order valence-corrected chi connectivity index (χ0v) is 21.4. The number of ether oxygens (including phenoxy) is 1. The minimum Gasteiger partial charge on any atom is -0.481 e. The number of carbonyl (C=O) groups excluding carboxylic acids is 2. The van der Waals surface area contributed by atoms with Crippen molar-refractivity contribution in [3.05, 3.63) is 48.6 Å². The van der Waals surface area contributed by atoms with Crippen molar-refractivity contribution in [1.29, 1.82) is 0 Å². The number of aliphatic hydroxyl groups is 1. The predicted molar refractivity (Wildman–Crippen MR) is 134 cm³/mol. The van der Waals surface area contributed by atoms with E-state index in [9.17, 15) is 24.6 Å². The molecule has 3 heterocycles. The van der Waals surface area contributed by atoms with Gasteiger partial charge in [-0.15, -0.1) is 6.58 Å². The van der Waals surface area contributed by atoms with Gasteiger partial charge >= 0.3 is 5.97 Å². The standard InChI is InChI=1S/C28H38N2O6/c1-5-7-14-29(13-6-2)25(33)23-28-16-18(3)27(4,36-28)22(26(34)35)21(28)24(32)30(23)20(17-31)15-19-11-9-8-10-12-19/h6,8-12,18,20-23,31H,2,5,7,13-17H2,1,3-4H3,(H,34,35)/t18?,20-,21+,22+,23?,27-,28?/m1/s1. The molecular weight excluding hydrogens is 460 g/mol. The molecule has 2 bridgehead atoms. The highest BCUT2D eigenvalue weighted by Gasteiger charge is 2.80. The number of carboxylic acids is 1. The molecule has 1 aromatic carbocycles. The van der Waals surface area contributed by atoms with Gasteiger partial charge in [-0.1, -0.05) is 56.7 Å². The number of aliphatic carboxylic acids is 1. The average molecular weight is 499 g/mol. The first-order chi connectivity index (χ1) is 17.2. The van der Waals surface area contributed by atoms with Crippen LogP contribution in [0.1, 0.15) is 45.6 Å². The summed E-state index contributed by atoms with van der Waals surface area (Å²) in [5.74, 6) is -3.97. The molecule has 1 spiro atoms. The second-order valence-corrected chi connectivity index (χ2v) is 10.7. The van der Waals surface area contributed by atoms with E-state index >= 15 is 0 Å². The highest BCUT2D eigenvalue weighted by molar-refractivity contribution is 5.98. The van der Waals surface area contributed by atoms with E-state index in [4.69, 9.17) is 4.74 Å². The number of fused-ring (bicyclic) bond motifs is 1. The number of likely N-dealkylation sites (tertiary alicyclic amines) is 1. The third-order valence-corrected chi connectivity index (χ3v) is 8.61. The summed E-state index contributed by atoms with van der Waals surface area (Å²) in [5, 5.41) is 20.7. The number of carboxylic acid groups (broad SMARTS) is 1. The Morgan fingerprint density at radius 2 is 2.03 bits per heavy atom. The number of rotatable bonds is 11. The lowest BCUT2D eigenvalue weighted by Crippen LogP contribution is -2.59. The van der Waals surface area contributed by atoms with Crippen LogP contribution in [0.2, 0.25) is 0 Å². The summed E-state index contributed by atoms with van der Waals surface area (Å²) in [6, 6.07) is 7.78. The fraction of sp³-hybridized carbons (Fsp3) is 0.607. The number of amides is 2. The second kappa shape index (κ2) is 9.98. The molecule has 36 heavy (non-hydrogen) atoms. The highest BCUT2D eigenvalue weighted by atomic mass is 16.5. The Morgan fingerprint density at radius 1 is 1.33 bits per heavy atom. The van der Waals surface area contributed by atoms with Crippen LogP contribution in [0.3, 0.4) is 0 Å². The normalized spacial score (nSPS) is 33.4. The first kappa shape index (κ1) is 26.4. The number of aliphatic hydroxyl groups excluding tert-OH is 1. The van der Waals surface area contributed by atoms with Gasteiger partial charge in [0.2, 0.25) is 11.8 Å². The van der Waals surface area contributed by atoms with E-state index in [1.165, 1.54) is 4.90 Å². The molecule has 0 aliphatic carbocycles. The summed E-state index contributed by atoms with van der Waals surface area (Å²) < 4.78 is 6.57. The third kappa shape index (κ3) is 3.95. The molecule has 1 aromatic rings. The summed E-state index contributed by atoms with van der Waals surface area (Å²) in [4.78, 5) is 44.0. The van der Waals surface area contributed by atoms with Gasteiger partial charge in [0.05, 0.1) is 24.2 Å². The van der Waals surface area contributed by atoms with Gasteiger partial charge in [0, 0.05) is 13.1 Å². The molecule has 3 unspecified atom stereocenters. The molecule has 0 radical (unpaired) electrons. The molecule has 3 aliphatic rings. The fourth-order valence-electron chi connectivity index (χ4n) is 6.83. The molecule has 8 heteroatoms. The molecule has 2 amide bonds. The van der Waals surface area contributed by atoms with E-state index in [0.29, 0.717) is 25.9 Å². The molecule has 7 atom stereocenters. The lowest BCUT2D eigenvalue weighted by atomic mass is 9.62. The molecule has 196 valence electrons. The maximum atomic E-state index is 14.3. The molecule has 0 saturated carbocycles. The van der Waals surface area contributed by atoms with Gasteiger partial charge in [-0.25, -0.2) is 0 Å². The Hall–Kier alpha value is -2.71. The second-order valence-electron chi connectivity index (χ2n) is 10.7. The van der Waals surface area contributed by atoms with Crippen LogP contribution in [-0.2, 0) is 25.5 Å². The number of benzene rings is 1. The quantitative estimate of drug-likeness (QED) is 0.454. The lowest BCUT2D eigenvalue weighted by Gasteiger charge is -2.39. The average Bonchev–Trinajstić information content (AvgIpc) is 3.37. The van der Waals surface area contributed by atoms with Crippen LogP contribution >= 0.6 is 0 Å². The molecule has 3 saturated heterocycles. The Balaban J connectivity index is 1.82. The zero-order valence-electron chi connectivity index (χ0n) is 21.4. The summed E-state index contributed by atoms with van der Waals surface area (Å²) in [5.41, 5.74) is -1.38. The maximum Gasteiger partial charge on any atom is 0.310 e. The molecule has 4 rings (SSSR count). The van der Waals surface area contributed by atoms with E-state index in [1.54, 1.807) is 17.9 Å². The minimum absolute atomic E-state index is 0.150. The zero-order chi connectivity index (χ0) is 26.3. The van der Waals surface area contributed by atoms with Gasteiger partial charge in [-0.3, -0.25) is 14.4 Å². The van der Waals surface area contributed by atoms with Crippen molar-refractivity contribution in [3.63, 3.8) is 0 Å². The number of carbonyl (C=O) groups is 3. The van der Waals surface area contributed by atoms with E-state index in [0.717, 1.165) is 18.4 Å². The van der Waals surface area contributed by atoms with Gasteiger partial charge < -0.3 is 24.7 Å². The lowest BCUT2D eigenvalue weighted by molar-refractivity contribution is -0.160. The fourth-order valence-corrected chi connectivity index (χ4v) is 6.83. The van der Waals surface area contributed by atoms with E-state index in [-0.39, 0.29) is 18.4 Å². The maximum absolute atomic E-state index is 14.3. The van der Waals surface area contributed by atoms with Crippen molar-refractivity contribution in [1.82, 2.24) is 9.80 Å². The van der Waals surface area contributed by atoms with Gasteiger partial charge in [0.25, 0.3) is 0 Å². The summed E-state index contributed by atoms with van der Waals surface area (Å²) in [6.07, 6.45) is 4.10. The molecular formula is C28H38N2O6. The number of nitrogens with zero attached hydrogens (tertiary/aromatic N) is 2. The smallest absolute Gasteiger partial charge is 0.310 e. The van der Waals surface area contributed by atoms with E-state index in [1.807, 2.05) is 44.2 Å². The van der Waals surface area contributed by atoms with E-state index < -0.39 is 47.0 Å². The van der Waals surface area contributed by atoms with E-state index in [2.05, 4.69) is 6.58 Å². The van der Waals surface area contributed by atoms with Crippen molar-refractivity contribution in [2.24, 2.45) is 17.8 Å². The van der Waals surface area contributed by atoms with Crippen molar-refractivity contribution in [3.8, 4) is 0 Å². The molecule has 8 nitrogen and oxygen atoms in total. The summed E-state index contributed by atoms with van der Waals surface area (Å²) in [7, 11) is 0. The Labute approximate surface area is 212 Å². The number of hydrogen-bond acceptors (Lipinski definition) is 5. The van der Waals surface area contributed by atoms with Crippen LogP contribution < -0.4 is 0 Å². The van der Waals surface area contributed by atoms with Crippen LogP contribution in [0.5, 0.6) is 0 Å². The minimum atomic E-state index is -1.25. The summed E-state index contributed by atoms with van der Waals surface area (Å²) in [6.45, 7) is 10.00. The van der Waals surface area contributed by atoms with Gasteiger partial charge in [0.15, 0.2) is 0 Å². The van der Waals surface area contributed by atoms with Crippen LogP contribution in [0.25, 0.3) is 0 Å². The van der Waals surface area contributed by atoms with Crippen LogP contribution in [0.15, 0.2) is 43.0 Å². The van der Waals surface area contributed by atoms with Crippen molar-refractivity contribution in [2.45, 2.75) is 69.7 Å². The van der Waals surface area contributed by atoms with Crippen LogP contribution in [-0.4, -0.2) is 80.8 Å². The van der Waals surface area contributed by atoms with Crippen LogP contribution in [0, 0.1) is 17.8 Å². The van der Waals surface area contributed by atoms with Crippen molar-refractivity contribution < 1.29 is 29.3 Å². The predicted octanol–water partition coefficient (Wildman–Crippen LogP) is 2.50. The van der Waals surface area contributed by atoms with Crippen molar-refractivity contribution >= 4 is 17.8 Å². The molecule has 0 aromatic heterocycles. The Morgan fingerprint density at radius 3 is 2.61 bits per heavy atom.